The summed E-state index contributed by atoms with van der Waals surface area (Å²) >= 11 is 1.51. The van der Waals surface area contributed by atoms with Crippen LogP contribution in [0, 0.1) is 0 Å². The van der Waals surface area contributed by atoms with Crippen molar-refractivity contribution >= 4 is 22.8 Å². The normalized spacial score (nSPS) is 12.7. The average molecular weight is 312 g/mol. The zero-order valence-corrected chi connectivity index (χ0v) is 14.7. The Bertz CT molecular complexity index is 430. The summed E-state index contributed by atoms with van der Waals surface area (Å²) in [4.78, 5) is 19.2. The molecule has 5 heteroatoms. The Kier molecular flexibility index (Phi) is 7.89. The second-order valence-electron chi connectivity index (χ2n) is 5.33. The van der Waals surface area contributed by atoms with Gasteiger partial charge < -0.3 is 9.64 Å². The minimum Gasteiger partial charge on any atom is -0.383 e. The van der Waals surface area contributed by atoms with Gasteiger partial charge in [0.15, 0.2) is 11.4 Å². The summed E-state index contributed by atoms with van der Waals surface area (Å²) in [6, 6.07) is 0.440. The van der Waals surface area contributed by atoms with Gasteiger partial charge in [0.2, 0.25) is 0 Å². The SMILES string of the molecule is CCC(C)c1nc(N(CCOC)C(CC)CC)sc1C=O. The van der Waals surface area contributed by atoms with Crippen LogP contribution >= 0.6 is 11.3 Å². The van der Waals surface area contributed by atoms with Crippen LogP contribution in [0.3, 0.4) is 0 Å². The number of hydrogen-bond acceptors (Lipinski definition) is 5. The first kappa shape index (κ1) is 18.1. The van der Waals surface area contributed by atoms with Crippen LogP contribution in [0.2, 0.25) is 0 Å². The second kappa shape index (κ2) is 9.15. The molecule has 1 heterocycles. The summed E-state index contributed by atoms with van der Waals surface area (Å²) in [5.74, 6) is 0.321. The van der Waals surface area contributed by atoms with E-state index in [9.17, 15) is 4.79 Å². The third-order valence-electron chi connectivity index (χ3n) is 4.02. The Morgan fingerprint density at radius 1 is 1.29 bits per heavy atom. The van der Waals surface area contributed by atoms with Gasteiger partial charge in [0.25, 0.3) is 0 Å². The number of aldehydes is 1. The van der Waals surface area contributed by atoms with Gasteiger partial charge in [-0.05, 0) is 25.2 Å². The van der Waals surface area contributed by atoms with Crippen molar-refractivity contribution in [3.63, 3.8) is 0 Å². The first-order valence-corrected chi connectivity index (χ1v) is 8.65. The van der Waals surface area contributed by atoms with Crippen LogP contribution < -0.4 is 4.90 Å². The van der Waals surface area contributed by atoms with E-state index in [1.807, 2.05) is 0 Å². The van der Waals surface area contributed by atoms with Crippen LogP contribution in [-0.4, -0.2) is 37.6 Å². The fourth-order valence-corrected chi connectivity index (χ4v) is 3.54. The van der Waals surface area contributed by atoms with Crippen LogP contribution in [0.1, 0.15) is 68.2 Å². The number of nitrogens with zero attached hydrogens (tertiary/aromatic N) is 2. The molecule has 0 amide bonds. The minimum atomic E-state index is 0.321. The molecule has 21 heavy (non-hydrogen) atoms. The Labute approximate surface area is 132 Å². The summed E-state index contributed by atoms with van der Waals surface area (Å²) in [7, 11) is 1.72. The molecule has 0 aliphatic heterocycles. The number of anilines is 1. The largest absolute Gasteiger partial charge is 0.383 e. The first-order chi connectivity index (χ1) is 10.1. The van der Waals surface area contributed by atoms with Gasteiger partial charge >= 0.3 is 0 Å². The molecule has 0 bridgehead atoms. The van der Waals surface area contributed by atoms with Crippen molar-refractivity contribution in [2.75, 3.05) is 25.2 Å². The molecule has 1 rings (SSSR count). The second-order valence-corrected chi connectivity index (χ2v) is 6.34. The lowest BCUT2D eigenvalue weighted by Crippen LogP contribution is -2.37. The van der Waals surface area contributed by atoms with Crippen LogP contribution in [0.4, 0.5) is 5.13 Å². The van der Waals surface area contributed by atoms with Crippen LogP contribution in [-0.2, 0) is 4.74 Å². The molecule has 1 aromatic heterocycles. The topological polar surface area (TPSA) is 42.4 Å². The van der Waals surface area contributed by atoms with E-state index >= 15 is 0 Å². The van der Waals surface area contributed by atoms with Crippen molar-refractivity contribution < 1.29 is 9.53 Å². The third-order valence-corrected chi connectivity index (χ3v) is 5.05. The summed E-state index contributed by atoms with van der Waals surface area (Å²) in [5, 5.41) is 0.957. The zero-order chi connectivity index (χ0) is 15.8. The first-order valence-electron chi connectivity index (χ1n) is 7.84. The van der Waals surface area contributed by atoms with E-state index in [0.717, 1.165) is 47.8 Å². The molecular formula is C16H28N2O2S. The highest BCUT2D eigenvalue weighted by Crippen LogP contribution is 2.32. The molecule has 1 atom stereocenters. The van der Waals surface area contributed by atoms with Crippen molar-refractivity contribution in [2.24, 2.45) is 0 Å². The maximum atomic E-state index is 11.3. The van der Waals surface area contributed by atoms with Gasteiger partial charge in [-0.15, -0.1) is 0 Å². The average Bonchev–Trinajstić information content (AvgIpc) is 2.94. The van der Waals surface area contributed by atoms with E-state index in [-0.39, 0.29) is 0 Å². The standard InChI is InChI=1S/C16H28N2O2S/c1-6-12(4)15-14(11-19)21-16(17-15)18(9-10-20-5)13(7-2)8-3/h11-13H,6-10H2,1-5H3. The molecule has 0 aliphatic rings. The maximum Gasteiger partial charge on any atom is 0.186 e. The van der Waals surface area contributed by atoms with Crippen molar-refractivity contribution in [1.29, 1.82) is 0 Å². The number of aromatic nitrogens is 1. The summed E-state index contributed by atoms with van der Waals surface area (Å²) in [6.07, 6.45) is 4.07. The van der Waals surface area contributed by atoms with Crippen molar-refractivity contribution in [3.05, 3.63) is 10.6 Å². The lowest BCUT2D eigenvalue weighted by Gasteiger charge is -2.30. The minimum absolute atomic E-state index is 0.321. The summed E-state index contributed by atoms with van der Waals surface area (Å²) in [5.41, 5.74) is 0.945. The number of methoxy groups -OCH3 is 1. The highest BCUT2D eigenvalue weighted by Gasteiger charge is 2.22. The fraction of sp³-hybridized carbons (Fsp3) is 0.750. The van der Waals surface area contributed by atoms with Crippen molar-refractivity contribution in [3.8, 4) is 0 Å². The monoisotopic (exact) mass is 312 g/mol. The fourth-order valence-electron chi connectivity index (χ4n) is 2.44. The number of thiazole rings is 1. The Hall–Kier alpha value is -0.940. The van der Waals surface area contributed by atoms with E-state index in [4.69, 9.17) is 9.72 Å². The lowest BCUT2D eigenvalue weighted by molar-refractivity contribution is 0.112. The quantitative estimate of drug-likeness (QED) is 0.610. The molecule has 0 spiro atoms. The van der Waals surface area contributed by atoms with Gasteiger partial charge in [-0.1, -0.05) is 39.0 Å². The van der Waals surface area contributed by atoms with Crippen LogP contribution in [0.15, 0.2) is 0 Å². The van der Waals surface area contributed by atoms with Crippen molar-refractivity contribution in [1.82, 2.24) is 4.98 Å². The zero-order valence-electron chi connectivity index (χ0n) is 13.9. The Morgan fingerprint density at radius 2 is 1.95 bits per heavy atom. The highest BCUT2D eigenvalue weighted by molar-refractivity contribution is 7.17. The molecule has 4 nitrogen and oxygen atoms in total. The van der Waals surface area contributed by atoms with Gasteiger partial charge in [0.1, 0.15) is 0 Å². The third kappa shape index (κ3) is 4.51. The Balaban J connectivity index is 3.11. The number of carbonyl (C=O) groups is 1. The number of rotatable bonds is 10. The van der Waals surface area contributed by atoms with Gasteiger partial charge in [-0.25, -0.2) is 4.98 Å². The van der Waals surface area contributed by atoms with E-state index in [1.54, 1.807) is 7.11 Å². The molecule has 1 aromatic rings. The van der Waals surface area contributed by atoms with Crippen LogP contribution in [0.25, 0.3) is 0 Å². The molecule has 0 radical (unpaired) electrons. The smallest absolute Gasteiger partial charge is 0.186 e. The number of hydrogen-bond donors (Lipinski definition) is 0. The summed E-state index contributed by atoms with van der Waals surface area (Å²) in [6.45, 7) is 10.1. The number of ether oxygens (including phenoxy) is 1. The Morgan fingerprint density at radius 3 is 2.43 bits per heavy atom. The molecule has 0 aromatic carbocycles. The summed E-state index contributed by atoms with van der Waals surface area (Å²) < 4.78 is 5.23. The van der Waals surface area contributed by atoms with E-state index in [2.05, 4.69) is 32.6 Å². The maximum absolute atomic E-state index is 11.3. The molecule has 0 saturated heterocycles. The van der Waals surface area contributed by atoms with Gasteiger partial charge in [0.05, 0.1) is 17.2 Å². The van der Waals surface area contributed by atoms with E-state index in [1.165, 1.54) is 11.3 Å². The molecular weight excluding hydrogens is 284 g/mol. The molecule has 0 N–H and O–H groups in total. The van der Waals surface area contributed by atoms with E-state index < -0.39 is 0 Å². The van der Waals surface area contributed by atoms with Gasteiger partial charge in [-0.2, -0.15) is 0 Å². The molecule has 0 fully saturated rings. The predicted molar refractivity (Wildman–Crippen MR) is 89.8 cm³/mol. The highest BCUT2D eigenvalue weighted by atomic mass is 32.1. The molecule has 0 saturated carbocycles. The predicted octanol–water partition coefficient (Wildman–Crippen LogP) is 4.11. The van der Waals surface area contributed by atoms with E-state index in [0.29, 0.717) is 18.6 Å². The van der Waals surface area contributed by atoms with Gasteiger partial charge in [0, 0.05) is 19.7 Å². The lowest BCUT2D eigenvalue weighted by atomic mass is 10.0. The molecule has 120 valence electrons. The van der Waals surface area contributed by atoms with Crippen molar-refractivity contribution in [2.45, 2.75) is 58.9 Å². The van der Waals surface area contributed by atoms with Crippen LogP contribution in [0.5, 0.6) is 0 Å². The number of carbonyl (C=O) groups excluding carboxylic acids is 1. The molecule has 1 unspecified atom stereocenters. The van der Waals surface area contributed by atoms with Gasteiger partial charge in [-0.3, -0.25) is 4.79 Å². The molecule has 0 aliphatic carbocycles.